The minimum absolute atomic E-state index is 0.173. The number of rotatable bonds is 5. The summed E-state index contributed by atoms with van der Waals surface area (Å²) in [7, 11) is 0. The van der Waals surface area contributed by atoms with E-state index in [0.717, 1.165) is 11.1 Å². The summed E-state index contributed by atoms with van der Waals surface area (Å²) in [4.78, 5) is 24.2. The van der Waals surface area contributed by atoms with Gasteiger partial charge in [0.15, 0.2) is 11.9 Å². The number of benzene rings is 2. The Morgan fingerprint density at radius 3 is 2.73 bits per heavy atom. The largest absolute Gasteiger partial charge is 0.479 e. The first-order valence-corrected chi connectivity index (χ1v) is 8.46. The smallest absolute Gasteiger partial charge is 0.347 e. The van der Waals surface area contributed by atoms with E-state index < -0.39 is 12.1 Å². The molecule has 0 aliphatic carbocycles. The lowest BCUT2D eigenvalue weighted by Crippen LogP contribution is -2.26. The van der Waals surface area contributed by atoms with Crippen LogP contribution in [0, 0.1) is 6.92 Å². The zero-order valence-corrected chi connectivity index (χ0v) is 14.9. The van der Waals surface area contributed by atoms with Gasteiger partial charge < -0.3 is 14.2 Å². The third-order valence-electron chi connectivity index (χ3n) is 4.05. The Kier molecular flexibility index (Phi) is 5.07. The molecule has 5 nitrogen and oxygen atoms in total. The molecule has 0 spiro atoms. The molecular weight excluding hydrogens is 332 g/mol. The van der Waals surface area contributed by atoms with Crippen LogP contribution in [0.25, 0.3) is 6.08 Å². The third-order valence-corrected chi connectivity index (χ3v) is 4.05. The maximum absolute atomic E-state index is 12.5. The van der Waals surface area contributed by atoms with Crippen LogP contribution in [0.2, 0.25) is 0 Å². The highest BCUT2D eigenvalue weighted by molar-refractivity contribution is 6.14. The third kappa shape index (κ3) is 3.61. The lowest BCUT2D eigenvalue weighted by Gasteiger charge is -2.13. The molecule has 1 atom stereocenters. The van der Waals surface area contributed by atoms with Gasteiger partial charge in [0, 0.05) is 6.07 Å². The quantitative estimate of drug-likeness (QED) is 0.602. The number of carbonyl (C=O) groups excluding carboxylic acids is 2. The van der Waals surface area contributed by atoms with Gasteiger partial charge in [-0.1, -0.05) is 24.3 Å². The van der Waals surface area contributed by atoms with E-state index in [1.165, 1.54) is 0 Å². The molecule has 1 heterocycles. The van der Waals surface area contributed by atoms with Gasteiger partial charge in [-0.05, 0) is 50.1 Å². The molecule has 0 N–H and O–H groups in total. The van der Waals surface area contributed by atoms with Crippen molar-refractivity contribution in [2.45, 2.75) is 26.9 Å². The Hall–Kier alpha value is -3.08. The number of ether oxygens (including phenoxy) is 3. The van der Waals surface area contributed by atoms with Crippen LogP contribution in [-0.4, -0.2) is 24.5 Å². The van der Waals surface area contributed by atoms with Gasteiger partial charge >= 0.3 is 5.97 Å². The summed E-state index contributed by atoms with van der Waals surface area (Å²) < 4.78 is 16.2. The van der Waals surface area contributed by atoms with Gasteiger partial charge in [-0.15, -0.1) is 0 Å². The van der Waals surface area contributed by atoms with Gasteiger partial charge in [0.2, 0.25) is 5.78 Å². The summed E-state index contributed by atoms with van der Waals surface area (Å²) >= 11 is 0. The highest BCUT2D eigenvalue weighted by atomic mass is 16.6. The molecule has 1 aliphatic heterocycles. The van der Waals surface area contributed by atoms with E-state index >= 15 is 0 Å². The van der Waals surface area contributed by atoms with Crippen molar-refractivity contribution >= 4 is 17.8 Å². The van der Waals surface area contributed by atoms with Crippen molar-refractivity contribution in [3.05, 3.63) is 64.9 Å². The molecule has 26 heavy (non-hydrogen) atoms. The van der Waals surface area contributed by atoms with Crippen molar-refractivity contribution in [1.82, 2.24) is 0 Å². The molecule has 2 aromatic rings. The number of hydrogen-bond donors (Lipinski definition) is 0. The number of Topliss-reactive ketones (excluding diaryl/α,β-unsaturated/α-hetero) is 1. The summed E-state index contributed by atoms with van der Waals surface area (Å²) in [6.45, 7) is 5.62. The standard InChI is InChI=1S/C21H20O5/c1-4-24-21(23)14(3)25-16-9-10-17-18(12-16)26-19(20(17)22)11-15-8-6-5-7-13(15)2/h5-12,14H,4H2,1-3H3/t14-/m1/s1. The van der Waals surface area contributed by atoms with Crippen LogP contribution in [0.5, 0.6) is 11.5 Å². The molecule has 0 radical (unpaired) electrons. The van der Waals surface area contributed by atoms with Crippen molar-refractivity contribution in [3.8, 4) is 11.5 Å². The molecule has 134 valence electrons. The predicted molar refractivity (Wildman–Crippen MR) is 97.3 cm³/mol. The number of allylic oxidation sites excluding steroid dienone is 1. The van der Waals surface area contributed by atoms with Crippen molar-refractivity contribution in [2.75, 3.05) is 6.61 Å². The molecule has 0 saturated carbocycles. The number of fused-ring (bicyclic) bond motifs is 1. The van der Waals surface area contributed by atoms with E-state index in [1.807, 2.05) is 31.2 Å². The van der Waals surface area contributed by atoms with Crippen LogP contribution in [0.15, 0.2) is 48.2 Å². The van der Waals surface area contributed by atoms with Crippen molar-refractivity contribution in [3.63, 3.8) is 0 Å². The van der Waals surface area contributed by atoms with Crippen LogP contribution >= 0.6 is 0 Å². The molecule has 0 unspecified atom stereocenters. The van der Waals surface area contributed by atoms with Gasteiger partial charge in [-0.25, -0.2) is 4.79 Å². The Labute approximate surface area is 152 Å². The zero-order chi connectivity index (χ0) is 18.7. The first-order valence-electron chi connectivity index (χ1n) is 8.46. The first-order chi connectivity index (χ1) is 12.5. The van der Waals surface area contributed by atoms with Gasteiger partial charge in [0.05, 0.1) is 12.2 Å². The number of hydrogen-bond acceptors (Lipinski definition) is 5. The second-order valence-corrected chi connectivity index (χ2v) is 5.97. The summed E-state index contributed by atoms with van der Waals surface area (Å²) in [5.41, 5.74) is 2.46. The molecule has 5 heteroatoms. The monoisotopic (exact) mass is 352 g/mol. The Morgan fingerprint density at radius 1 is 1.23 bits per heavy atom. The minimum Gasteiger partial charge on any atom is -0.479 e. The SMILES string of the molecule is CCOC(=O)[C@@H](C)Oc1ccc2c(c1)OC(=Cc1ccccc1C)C2=O. The van der Waals surface area contributed by atoms with Crippen LogP contribution in [0.3, 0.4) is 0 Å². The topological polar surface area (TPSA) is 61.8 Å². The van der Waals surface area contributed by atoms with E-state index in [2.05, 4.69) is 0 Å². The van der Waals surface area contributed by atoms with Crippen LogP contribution in [-0.2, 0) is 9.53 Å². The molecule has 0 amide bonds. The van der Waals surface area contributed by atoms with E-state index in [0.29, 0.717) is 23.7 Å². The van der Waals surface area contributed by atoms with Gasteiger partial charge in [-0.2, -0.15) is 0 Å². The van der Waals surface area contributed by atoms with E-state index in [9.17, 15) is 9.59 Å². The van der Waals surface area contributed by atoms with E-state index in [1.54, 1.807) is 38.1 Å². The predicted octanol–water partition coefficient (Wildman–Crippen LogP) is 3.94. The fraction of sp³-hybridized carbons (Fsp3) is 0.238. The molecule has 0 aromatic heterocycles. The van der Waals surface area contributed by atoms with Crippen LogP contribution in [0.1, 0.15) is 35.3 Å². The van der Waals surface area contributed by atoms with E-state index in [-0.39, 0.29) is 11.5 Å². The average molecular weight is 352 g/mol. The Bertz CT molecular complexity index is 882. The molecule has 0 saturated heterocycles. The molecular formula is C21H20O5. The number of esters is 1. The van der Waals surface area contributed by atoms with Gasteiger partial charge in [0.1, 0.15) is 11.5 Å². The first kappa shape index (κ1) is 17.7. The maximum Gasteiger partial charge on any atom is 0.347 e. The van der Waals surface area contributed by atoms with Crippen molar-refractivity contribution < 1.29 is 23.8 Å². The zero-order valence-electron chi connectivity index (χ0n) is 14.9. The summed E-state index contributed by atoms with van der Waals surface area (Å²) in [5.74, 6) is 0.515. The van der Waals surface area contributed by atoms with Crippen LogP contribution < -0.4 is 9.47 Å². The minimum atomic E-state index is -0.743. The molecule has 2 aromatic carbocycles. The fourth-order valence-electron chi connectivity index (χ4n) is 2.64. The number of aryl methyl sites for hydroxylation is 1. The molecule has 0 fully saturated rings. The Morgan fingerprint density at radius 2 is 2.00 bits per heavy atom. The number of ketones is 1. The number of carbonyl (C=O) groups is 2. The summed E-state index contributed by atoms with van der Waals surface area (Å²) in [6, 6.07) is 12.7. The maximum atomic E-state index is 12.5. The lowest BCUT2D eigenvalue weighted by molar-refractivity contribution is -0.150. The molecule has 3 rings (SSSR count). The molecule has 0 bridgehead atoms. The van der Waals surface area contributed by atoms with Gasteiger partial charge in [0.25, 0.3) is 0 Å². The highest BCUT2D eigenvalue weighted by Gasteiger charge is 2.28. The molecule has 1 aliphatic rings. The van der Waals surface area contributed by atoms with Crippen LogP contribution in [0.4, 0.5) is 0 Å². The second-order valence-electron chi connectivity index (χ2n) is 5.97. The average Bonchev–Trinajstić information content (AvgIpc) is 2.92. The Balaban J connectivity index is 1.80. The van der Waals surface area contributed by atoms with Gasteiger partial charge in [-0.3, -0.25) is 4.79 Å². The van der Waals surface area contributed by atoms with Crippen molar-refractivity contribution in [1.29, 1.82) is 0 Å². The lowest BCUT2D eigenvalue weighted by atomic mass is 10.1. The summed E-state index contributed by atoms with van der Waals surface area (Å²) in [6.07, 6.45) is 0.992. The van der Waals surface area contributed by atoms with E-state index in [4.69, 9.17) is 14.2 Å². The van der Waals surface area contributed by atoms with Crippen molar-refractivity contribution in [2.24, 2.45) is 0 Å². The fourth-order valence-corrected chi connectivity index (χ4v) is 2.64. The second kappa shape index (κ2) is 7.44. The highest BCUT2D eigenvalue weighted by Crippen LogP contribution is 2.35. The summed E-state index contributed by atoms with van der Waals surface area (Å²) in [5, 5.41) is 0. The normalized spacial score (nSPS) is 15.3.